The summed E-state index contributed by atoms with van der Waals surface area (Å²) >= 11 is 2.23. The van der Waals surface area contributed by atoms with Gasteiger partial charge in [0.1, 0.15) is 0 Å². The number of carbonyl (C=O) groups excluding carboxylic acids is 2. The first-order valence-corrected chi connectivity index (χ1v) is 4.99. The van der Waals surface area contributed by atoms with Gasteiger partial charge in [-0.15, -0.1) is 23.5 Å². The highest BCUT2D eigenvalue weighted by Crippen LogP contribution is 2.09. The van der Waals surface area contributed by atoms with Crippen LogP contribution in [0.4, 0.5) is 0 Å². The number of carboxylic acids is 2. The number of aliphatic carboxylic acids is 2. The van der Waals surface area contributed by atoms with E-state index in [0.29, 0.717) is 5.08 Å². The average molecular weight is 194 g/mol. The normalized spacial score (nSPS) is 9.45. The van der Waals surface area contributed by atoms with Crippen LogP contribution in [-0.4, -0.2) is 28.5 Å². The van der Waals surface area contributed by atoms with Gasteiger partial charge in [-0.3, -0.25) is 0 Å². The van der Waals surface area contributed by atoms with Gasteiger partial charge < -0.3 is 19.8 Å². The molecular weight excluding hydrogens is 188 g/mol. The van der Waals surface area contributed by atoms with Crippen molar-refractivity contribution in [2.45, 2.75) is 0 Å². The zero-order chi connectivity index (χ0) is 8.69. The van der Waals surface area contributed by atoms with Gasteiger partial charge in [0.15, 0.2) is 0 Å². The maximum atomic E-state index is 9.83. The minimum atomic E-state index is -1.14. The Morgan fingerprint density at radius 2 is 1.36 bits per heavy atom. The van der Waals surface area contributed by atoms with Crippen LogP contribution in [0.15, 0.2) is 0 Å². The molecular formula is C5H6O4S2-2. The number of hydrogen-bond donors (Lipinski definition) is 0. The molecule has 11 heavy (non-hydrogen) atoms. The van der Waals surface area contributed by atoms with Gasteiger partial charge in [0.05, 0.1) is 11.9 Å². The van der Waals surface area contributed by atoms with Gasteiger partial charge >= 0.3 is 0 Å². The molecule has 0 atom stereocenters. The quantitative estimate of drug-likeness (QED) is 0.356. The van der Waals surface area contributed by atoms with Crippen molar-refractivity contribution in [1.82, 2.24) is 0 Å². The SMILES string of the molecule is O=C([O-])CSCSCC(=O)[O-]. The Morgan fingerprint density at radius 3 is 1.64 bits per heavy atom. The van der Waals surface area contributed by atoms with Crippen LogP contribution in [0.1, 0.15) is 0 Å². The molecule has 0 rings (SSSR count). The summed E-state index contributed by atoms with van der Waals surface area (Å²) in [5, 5.41) is 20.1. The van der Waals surface area contributed by atoms with Crippen LogP contribution < -0.4 is 10.2 Å². The number of thioether (sulfide) groups is 2. The first kappa shape index (κ1) is 10.6. The Morgan fingerprint density at radius 1 is 1.00 bits per heavy atom. The highest BCUT2D eigenvalue weighted by atomic mass is 32.2. The van der Waals surface area contributed by atoms with Gasteiger partial charge in [0, 0.05) is 16.6 Å². The lowest BCUT2D eigenvalue weighted by molar-refractivity contribution is -0.302. The van der Waals surface area contributed by atoms with Gasteiger partial charge in [0.25, 0.3) is 0 Å². The summed E-state index contributed by atoms with van der Waals surface area (Å²) in [6, 6.07) is 0. The molecule has 0 radical (unpaired) electrons. The fraction of sp³-hybridized carbons (Fsp3) is 0.600. The molecule has 0 aliphatic heterocycles. The molecule has 0 unspecified atom stereocenters. The Labute approximate surface area is 72.4 Å². The van der Waals surface area contributed by atoms with E-state index in [4.69, 9.17) is 0 Å². The van der Waals surface area contributed by atoms with E-state index in [1.54, 1.807) is 0 Å². The Hall–Kier alpha value is -0.360. The molecule has 0 aromatic rings. The monoisotopic (exact) mass is 194 g/mol. The molecule has 0 amide bonds. The molecule has 0 bridgehead atoms. The minimum absolute atomic E-state index is 0.0972. The van der Waals surface area contributed by atoms with E-state index in [1.807, 2.05) is 0 Å². The minimum Gasteiger partial charge on any atom is -0.549 e. The Kier molecular flexibility index (Phi) is 6.15. The molecule has 0 aliphatic rings. The molecule has 0 fully saturated rings. The second kappa shape index (κ2) is 6.36. The van der Waals surface area contributed by atoms with Gasteiger partial charge in [-0.2, -0.15) is 0 Å². The molecule has 64 valence electrons. The van der Waals surface area contributed by atoms with E-state index in [1.165, 1.54) is 0 Å². The standard InChI is InChI=1S/C5H8O4S2/c6-4(7)1-10-3-11-2-5(8)9/h1-3H2,(H,6,7)(H,8,9)/p-2. The Bertz CT molecular complexity index is 131. The maximum Gasteiger partial charge on any atom is 0.0513 e. The molecule has 0 heterocycles. The van der Waals surface area contributed by atoms with Gasteiger partial charge in [-0.05, 0) is 0 Å². The van der Waals surface area contributed by atoms with Crippen LogP contribution in [0.5, 0.6) is 0 Å². The second-order valence-corrected chi connectivity index (χ2v) is 3.90. The predicted octanol–water partition coefficient (Wildman–Crippen LogP) is -2.09. The van der Waals surface area contributed by atoms with Crippen molar-refractivity contribution in [1.29, 1.82) is 0 Å². The first-order chi connectivity index (χ1) is 5.13. The van der Waals surface area contributed by atoms with Crippen molar-refractivity contribution < 1.29 is 19.8 Å². The predicted molar refractivity (Wildman–Crippen MR) is 39.8 cm³/mol. The van der Waals surface area contributed by atoms with Gasteiger partial charge in [-0.25, -0.2) is 0 Å². The fourth-order valence-corrected chi connectivity index (χ4v) is 1.78. The average Bonchev–Trinajstić information content (AvgIpc) is 1.85. The van der Waals surface area contributed by atoms with Crippen molar-refractivity contribution in [2.75, 3.05) is 16.6 Å². The Balaban J connectivity index is 3.03. The number of carboxylic acid groups (broad SMARTS) is 2. The van der Waals surface area contributed by atoms with E-state index in [-0.39, 0.29) is 11.5 Å². The maximum absolute atomic E-state index is 9.83. The number of rotatable bonds is 6. The van der Waals surface area contributed by atoms with Crippen LogP contribution >= 0.6 is 23.5 Å². The summed E-state index contributed by atoms with van der Waals surface area (Å²) in [4.78, 5) is 19.7. The zero-order valence-corrected chi connectivity index (χ0v) is 7.20. The molecule has 0 aliphatic carbocycles. The molecule has 4 nitrogen and oxygen atoms in total. The van der Waals surface area contributed by atoms with E-state index in [2.05, 4.69) is 0 Å². The molecule has 0 N–H and O–H groups in total. The van der Waals surface area contributed by atoms with Crippen LogP contribution in [0, 0.1) is 0 Å². The second-order valence-electron chi connectivity index (χ2n) is 1.56. The smallest absolute Gasteiger partial charge is 0.0513 e. The lowest BCUT2D eigenvalue weighted by Crippen LogP contribution is -2.25. The highest BCUT2D eigenvalue weighted by molar-refractivity contribution is 8.16. The third-order valence-electron chi connectivity index (χ3n) is 0.606. The topological polar surface area (TPSA) is 80.3 Å². The lowest BCUT2D eigenvalue weighted by Gasteiger charge is -2.02. The van der Waals surface area contributed by atoms with Crippen LogP contribution in [0.3, 0.4) is 0 Å². The van der Waals surface area contributed by atoms with Crippen LogP contribution in [-0.2, 0) is 9.59 Å². The van der Waals surface area contributed by atoms with Crippen molar-refractivity contribution in [3.8, 4) is 0 Å². The van der Waals surface area contributed by atoms with Crippen molar-refractivity contribution in [2.24, 2.45) is 0 Å². The van der Waals surface area contributed by atoms with E-state index in [9.17, 15) is 19.8 Å². The molecule has 0 aromatic heterocycles. The largest absolute Gasteiger partial charge is 0.549 e. The summed E-state index contributed by atoms with van der Waals surface area (Å²) in [6.07, 6.45) is 0. The van der Waals surface area contributed by atoms with Crippen molar-refractivity contribution in [3.05, 3.63) is 0 Å². The van der Waals surface area contributed by atoms with E-state index >= 15 is 0 Å². The third kappa shape index (κ3) is 9.64. The molecule has 0 saturated carbocycles. The third-order valence-corrected chi connectivity index (χ3v) is 2.82. The zero-order valence-electron chi connectivity index (χ0n) is 5.57. The summed E-state index contributed by atoms with van der Waals surface area (Å²) < 4.78 is 0. The molecule has 0 spiro atoms. The van der Waals surface area contributed by atoms with Crippen molar-refractivity contribution >= 4 is 35.5 Å². The lowest BCUT2D eigenvalue weighted by atomic mass is 10.8. The molecule has 0 aromatic carbocycles. The summed E-state index contributed by atoms with van der Waals surface area (Å²) in [7, 11) is 0. The summed E-state index contributed by atoms with van der Waals surface area (Å²) in [5.41, 5.74) is 0. The summed E-state index contributed by atoms with van der Waals surface area (Å²) in [5.74, 6) is -2.46. The van der Waals surface area contributed by atoms with Crippen LogP contribution in [0.2, 0.25) is 0 Å². The summed E-state index contributed by atoms with van der Waals surface area (Å²) in [6.45, 7) is 0. The first-order valence-electron chi connectivity index (χ1n) is 2.68. The molecule has 0 saturated heterocycles. The molecule has 6 heteroatoms. The number of hydrogen-bond acceptors (Lipinski definition) is 6. The van der Waals surface area contributed by atoms with E-state index < -0.39 is 11.9 Å². The number of carbonyl (C=O) groups is 2. The van der Waals surface area contributed by atoms with E-state index in [0.717, 1.165) is 23.5 Å². The highest BCUT2D eigenvalue weighted by Gasteiger charge is 1.90. The van der Waals surface area contributed by atoms with Crippen molar-refractivity contribution in [3.63, 3.8) is 0 Å². The van der Waals surface area contributed by atoms with Gasteiger partial charge in [0.2, 0.25) is 0 Å². The fourth-order valence-electron chi connectivity index (χ4n) is 0.309. The van der Waals surface area contributed by atoms with Crippen LogP contribution in [0.25, 0.3) is 0 Å². The van der Waals surface area contributed by atoms with Gasteiger partial charge in [-0.1, -0.05) is 0 Å².